The summed E-state index contributed by atoms with van der Waals surface area (Å²) in [4.78, 5) is 23.3. The number of ketones is 1. The topological polar surface area (TPSA) is 74.6 Å². The van der Waals surface area contributed by atoms with E-state index in [0.717, 1.165) is 38.0 Å². The van der Waals surface area contributed by atoms with Crippen LogP contribution in [-0.2, 0) is 9.59 Å². The number of hydrogen-bond acceptors (Lipinski definition) is 3. The molecule has 0 bridgehead atoms. The lowest BCUT2D eigenvalue weighted by molar-refractivity contribution is -0.134. The van der Waals surface area contributed by atoms with Crippen LogP contribution in [0.4, 0.5) is 0 Å². The number of fused-ring (bicyclic) bond motifs is 7. The van der Waals surface area contributed by atoms with Crippen LogP contribution in [-0.4, -0.2) is 27.6 Å². The molecule has 4 nitrogen and oxygen atoms in total. The smallest absolute Gasteiger partial charge is 0.328 e. The lowest BCUT2D eigenvalue weighted by atomic mass is 9.46. The number of aliphatic carboxylic acids is 1. The number of carbonyl (C=O) groups is 2. The molecule has 0 heterocycles. The SMILES string of the molecule is C[C@]12CC[C@H]3[C@H]([C@@H]1[C@H]1C[C@H]1[C@@]2(O)/C=C\C(=O)O)[C@@H](C1CC1)CC1=CC(=O)CC[C@@H]13. The highest BCUT2D eigenvalue weighted by atomic mass is 16.4. The minimum Gasteiger partial charge on any atom is -0.478 e. The standard InChI is InChI=1S/C25H32O4/c1-24-8-6-17-16-5-4-15(26)10-14(16)11-18(13-2-3-13)22(17)23(24)19-12-20(19)25(24,29)9-7-21(27)28/h7,9-10,13,16-20,22-23,29H,2-6,8,11-12H2,1H3,(H,27,28)/b9-7-/t16-,17+,18+,19-,20+,22-,23-,24-,25-/m0/s1. The molecule has 29 heavy (non-hydrogen) atoms. The number of carbonyl (C=O) groups excluding carboxylic acids is 1. The van der Waals surface area contributed by atoms with Crippen LogP contribution in [0.3, 0.4) is 0 Å². The van der Waals surface area contributed by atoms with Gasteiger partial charge >= 0.3 is 5.97 Å². The molecule has 6 rings (SSSR count). The Kier molecular flexibility index (Phi) is 3.70. The lowest BCUT2D eigenvalue weighted by Crippen LogP contribution is -2.56. The third kappa shape index (κ3) is 2.41. The summed E-state index contributed by atoms with van der Waals surface area (Å²) in [5, 5.41) is 21.0. The Hall–Kier alpha value is -1.42. The van der Waals surface area contributed by atoms with Crippen LogP contribution in [0.1, 0.15) is 58.3 Å². The molecule has 5 fully saturated rings. The second-order valence-corrected chi connectivity index (χ2v) is 11.3. The van der Waals surface area contributed by atoms with E-state index in [9.17, 15) is 19.8 Å². The van der Waals surface area contributed by atoms with Gasteiger partial charge in [-0.15, -0.1) is 0 Å². The average molecular weight is 397 g/mol. The summed E-state index contributed by atoms with van der Waals surface area (Å²) >= 11 is 0. The van der Waals surface area contributed by atoms with Gasteiger partial charge in [0.1, 0.15) is 0 Å². The van der Waals surface area contributed by atoms with E-state index < -0.39 is 11.6 Å². The number of rotatable bonds is 3. The minimum absolute atomic E-state index is 0.216. The molecule has 0 spiro atoms. The van der Waals surface area contributed by atoms with E-state index in [2.05, 4.69) is 6.92 Å². The Morgan fingerprint density at radius 2 is 1.97 bits per heavy atom. The molecule has 2 N–H and O–H groups in total. The first-order valence-electron chi connectivity index (χ1n) is 11.7. The maximum absolute atomic E-state index is 12.1. The molecule has 0 radical (unpaired) electrons. The van der Waals surface area contributed by atoms with Gasteiger partial charge in [0.25, 0.3) is 0 Å². The zero-order valence-corrected chi connectivity index (χ0v) is 17.2. The third-order valence-electron chi connectivity index (χ3n) is 10.1. The monoisotopic (exact) mass is 396 g/mol. The van der Waals surface area contributed by atoms with E-state index in [0.29, 0.717) is 47.7 Å². The van der Waals surface area contributed by atoms with E-state index in [1.54, 1.807) is 6.08 Å². The summed E-state index contributed by atoms with van der Waals surface area (Å²) in [5.41, 5.74) is 0.250. The van der Waals surface area contributed by atoms with E-state index in [1.807, 2.05) is 6.08 Å². The van der Waals surface area contributed by atoms with Gasteiger partial charge < -0.3 is 10.2 Å². The molecule has 6 aliphatic rings. The van der Waals surface area contributed by atoms with Crippen LogP contribution in [0, 0.1) is 52.8 Å². The normalized spacial score (nSPS) is 53.0. The molecule has 4 heteroatoms. The molecule has 6 aliphatic carbocycles. The summed E-state index contributed by atoms with van der Waals surface area (Å²) in [6, 6.07) is 0. The Morgan fingerprint density at radius 3 is 2.69 bits per heavy atom. The Bertz CT molecular complexity index is 838. The summed E-state index contributed by atoms with van der Waals surface area (Å²) in [6.07, 6.45) is 13.4. The maximum atomic E-state index is 12.1. The van der Waals surface area contributed by atoms with Crippen molar-refractivity contribution in [3.63, 3.8) is 0 Å². The van der Waals surface area contributed by atoms with Crippen molar-refractivity contribution in [2.24, 2.45) is 52.8 Å². The Balaban J connectivity index is 1.41. The van der Waals surface area contributed by atoms with Crippen molar-refractivity contribution in [1.29, 1.82) is 0 Å². The van der Waals surface area contributed by atoms with Crippen LogP contribution in [0.15, 0.2) is 23.8 Å². The predicted molar refractivity (Wildman–Crippen MR) is 108 cm³/mol. The fourth-order valence-electron chi connectivity index (χ4n) is 8.83. The van der Waals surface area contributed by atoms with Gasteiger partial charge in [0.05, 0.1) is 5.60 Å². The highest BCUT2D eigenvalue weighted by molar-refractivity contribution is 5.91. The van der Waals surface area contributed by atoms with E-state index >= 15 is 0 Å². The number of aliphatic hydroxyl groups is 1. The summed E-state index contributed by atoms with van der Waals surface area (Å²) in [5.74, 6) is 3.95. The molecule has 0 aromatic heterocycles. The van der Waals surface area contributed by atoms with Crippen LogP contribution in [0.5, 0.6) is 0 Å². The van der Waals surface area contributed by atoms with Crippen molar-refractivity contribution in [3.8, 4) is 0 Å². The summed E-state index contributed by atoms with van der Waals surface area (Å²) in [6.45, 7) is 2.26. The fraction of sp³-hybridized carbons (Fsp3) is 0.760. The zero-order chi connectivity index (χ0) is 20.1. The van der Waals surface area contributed by atoms with Crippen LogP contribution < -0.4 is 0 Å². The maximum Gasteiger partial charge on any atom is 0.328 e. The Morgan fingerprint density at radius 1 is 1.17 bits per heavy atom. The van der Waals surface area contributed by atoms with Crippen molar-refractivity contribution in [2.75, 3.05) is 0 Å². The second-order valence-electron chi connectivity index (χ2n) is 11.3. The highest BCUT2D eigenvalue weighted by Gasteiger charge is 2.76. The average Bonchev–Trinajstić information content (AvgIpc) is 3.58. The number of hydrogen-bond donors (Lipinski definition) is 2. The molecule has 0 unspecified atom stereocenters. The van der Waals surface area contributed by atoms with Crippen molar-refractivity contribution in [3.05, 3.63) is 23.8 Å². The first-order valence-corrected chi connectivity index (χ1v) is 11.7. The van der Waals surface area contributed by atoms with Gasteiger partial charge in [-0.1, -0.05) is 12.5 Å². The third-order valence-corrected chi connectivity index (χ3v) is 10.1. The van der Waals surface area contributed by atoms with E-state index in [4.69, 9.17) is 0 Å². The van der Waals surface area contributed by atoms with Gasteiger partial charge in [0.15, 0.2) is 5.78 Å². The van der Waals surface area contributed by atoms with Gasteiger partial charge in [0.2, 0.25) is 0 Å². The van der Waals surface area contributed by atoms with Crippen molar-refractivity contribution >= 4 is 11.8 Å². The molecule has 0 aromatic carbocycles. The minimum atomic E-state index is -0.974. The quantitative estimate of drug-likeness (QED) is 0.708. The lowest BCUT2D eigenvalue weighted by Gasteiger charge is -2.59. The van der Waals surface area contributed by atoms with Crippen LogP contribution in [0.2, 0.25) is 0 Å². The second kappa shape index (κ2) is 5.84. The van der Waals surface area contributed by atoms with Crippen molar-refractivity contribution in [1.82, 2.24) is 0 Å². The fourth-order valence-corrected chi connectivity index (χ4v) is 8.83. The predicted octanol–water partition coefficient (Wildman–Crippen LogP) is 3.99. The molecule has 0 aliphatic heterocycles. The largest absolute Gasteiger partial charge is 0.478 e. The molecule has 0 saturated heterocycles. The zero-order valence-electron chi connectivity index (χ0n) is 17.2. The van der Waals surface area contributed by atoms with Crippen molar-refractivity contribution in [2.45, 2.75) is 63.9 Å². The Labute approximate surface area is 172 Å². The highest BCUT2D eigenvalue weighted by Crippen LogP contribution is 2.77. The number of allylic oxidation sites excluding steroid dienone is 1. The van der Waals surface area contributed by atoms with Gasteiger partial charge in [-0.2, -0.15) is 0 Å². The first kappa shape index (κ1) is 18.4. The molecule has 0 amide bonds. The van der Waals surface area contributed by atoms with Crippen molar-refractivity contribution < 1.29 is 19.8 Å². The van der Waals surface area contributed by atoms with Crippen LogP contribution >= 0.6 is 0 Å². The molecule has 5 saturated carbocycles. The van der Waals surface area contributed by atoms with Gasteiger partial charge in [-0.3, -0.25) is 4.79 Å². The number of carboxylic acids is 1. The van der Waals surface area contributed by atoms with Gasteiger partial charge in [-0.25, -0.2) is 4.79 Å². The summed E-state index contributed by atoms with van der Waals surface area (Å²) in [7, 11) is 0. The summed E-state index contributed by atoms with van der Waals surface area (Å²) < 4.78 is 0. The first-order chi connectivity index (χ1) is 13.8. The molecule has 0 aromatic rings. The van der Waals surface area contributed by atoms with Crippen LogP contribution in [0.25, 0.3) is 0 Å². The van der Waals surface area contributed by atoms with E-state index in [1.165, 1.54) is 24.5 Å². The van der Waals surface area contributed by atoms with Gasteiger partial charge in [-0.05, 0) is 104 Å². The molecule has 9 atom stereocenters. The van der Waals surface area contributed by atoms with E-state index in [-0.39, 0.29) is 11.3 Å². The number of carboxylic acid groups (broad SMARTS) is 1. The van der Waals surface area contributed by atoms with Gasteiger partial charge in [0, 0.05) is 17.9 Å². The molecular weight excluding hydrogens is 364 g/mol. The molecule has 156 valence electrons. The molecular formula is C25H32O4.